The molecule has 6 heteroatoms. The summed E-state index contributed by atoms with van der Waals surface area (Å²) in [6.45, 7) is 5.15. The Morgan fingerprint density at radius 1 is 1.42 bits per heavy atom. The summed E-state index contributed by atoms with van der Waals surface area (Å²) in [7, 11) is -3.46. The minimum Gasteiger partial charge on any atom is -0.392 e. The van der Waals surface area contributed by atoms with E-state index in [0.717, 1.165) is 6.42 Å². The van der Waals surface area contributed by atoms with Gasteiger partial charge in [-0.05, 0) is 45.5 Å². The van der Waals surface area contributed by atoms with E-state index in [1.807, 2.05) is 0 Å². The zero-order valence-electron chi connectivity index (χ0n) is 11.1. The molecule has 1 aromatic rings. The molecule has 1 aromatic carbocycles. The van der Waals surface area contributed by atoms with Crippen LogP contribution in [0.25, 0.3) is 0 Å². The molecular weight excluding hydrogens is 330 g/mol. The second-order valence-corrected chi connectivity index (χ2v) is 8.44. The number of nitrogens with zero attached hydrogens (tertiary/aromatic N) is 1. The van der Waals surface area contributed by atoms with E-state index in [2.05, 4.69) is 29.8 Å². The molecule has 2 rings (SSSR count). The number of aliphatic hydroxyl groups excluding tert-OH is 1. The summed E-state index contributed by atoms with van der Waals surface area (Å²) in [5, 5.41) is 9.06. The van der Waals surface area contributed by atoms with Crippen LogP contribution in [0, 0.1) is 5.41 Å². The summed E-state index contributed by atoms with van der Waals surface area (Å²) in [4.78, 5) is 0.266. The molecule has 0 saturated carbocycles. The highest BCUT2D eigenvalue weighted by atomic mass is 79.9. The fourth-order valence-corrected chi connectivity index (χ4v) is 4.97. The number of rotatable bonds is 3. The molecule has 1 saturated heterocycles. The quantitative estimate of drug-likeness (QED) is 0.912. The molecule has 1 N–H and O–H groups in total. The lowest BCUT2D eigenvalue weighted by molar-refractivity contribution is 0.281. The first kappa shape index (κ1) is 15.0. The monoisotopic (exact) mass is 347 g/mol. The maximum atomic E-state index is 12.6. The molecule has 0 amide bonds. The van der Waals surface area contributed by atoms with Crippen LogP contribution in [0.15, 0.2) is 27.6 Å². The van der Waals surface area contributed by atoms with Gasteiger partial charge in [-0.15, -0.1) is 0 Å². The van der Waals surface area contributed by atoms with Crippen molar-refractivity contribution in [2.24, 2.45) is 5.41 Å². The molecule has 0 unspecified atom stereocenters. The van der Waals surface area contributed by atoms with Gasteiger partial charge in [0.15, 0.2) is 0 Å². The highest BCUT2D eigenvalue weighted by Gasteiger charge is 2.37. The van der Waals surface area contributed by atoms with E-state index < -0.39 is 10.0 Å². The van der Waals surface area contributed by atoms with Crippen molar-refractivity contribution in [3.05, 3.63) is 28.2 Å². The van der Waals surface area contributed by atoms with E-state index in [1.54, 1.807) is 18.2 Å². The largest absolute Gasteiger partial charge is 0.392 e. The number of hydrogen-bond donors (Lipinski definition) is 1. The molecule has 0 radical (unpaired) electrons. The molecule has 0 aromatic heterocycles. The van der Waals surface area contributed by atoms with Gasteiger partial charge in [0, 0.05) is 17.6 Å². The number of hydrogen-bond acceptors (Lipinski definition) is 3. The maximum absolute atomic E-state index is 12.6. The summed E-state index contributed by atoms with van der Waals surface area (Å²) in [5.74, 6) is 0. The van der Waals surface area contributed by atoms with Crippen molar-refractivity contribution in [1.29, 1.82) is 0 Å². The Hall–Kier alpha value is -0.430. The van der Waals surface area contributed by atoms with Gasteiger partial charge < -0.3 is 5.11 Å². The van der Waals surface area contributed by atoms with Crippen molar-refractivity contribution in [1.82, 2.24) is 4.31 Å². The van der Waals surface area contributed by atoms with Crippen LogP contribution in [0.2, 0.25) is 0 Å². The number of aliphatic hydroxyl groups is 1. The van der Waals surface area contributed by atoms with Crippen LogP contribution in [-0.2, 0) is 16.6 Å². The first-order chi connectivity index (χ1) is 8.76. The topological polar surface area (TPSA) is 57.6 Å². The predicted molar refractivity (Wildman–Crippen MR) is 77.2 cm³/mol. The lowest BCUT2D eigenvalue weighted by atomic mass is 9.93. The summed E-state index contributed by atoms with van der Waals surface area (Å²) in [6, 6.07) is 4.84. The highest BCUT2D eigenvalue weighted by Crippen LogP contribution is 2.34. The summed E-state index contributed by atoms with van der Waals surface area (Å²) in [5.41, 5.74) is 0.720. The third kappa shape index (κ3) is 3.02. The number of benzene rings is 1. The van der Waals surface area contributed by atoms with E-state index >= 15 is 0 Å². The van der Waals surface area contributed by atoms with Crippen LogP contribution in [0.5, 0.6) is 0 Å². The second kappa shape index (κ2) is 5.16. The SMILES string of the molecule is CC1(C)CCN(S(=O)(=O)c2ccc(CO)cc2Br)C1. The van der Waals surface area contributed by atoms with Crippen LogP contribution in [0.4, 0.5) is 0 Å². The standard InChI is InChI=1S/C13H18BrNO3S/c1-13(2)5-6-15(9-13)19(17,18)12-4-3-10(8-16)7-11(12)14/h3-4,7,16H,5-6,8-9H2,1-2H3. The minimum absolute atomic E-state index is 0.0323. The Morgan fingerprint density at radius 2 is 2.11 bits per heavy atom. The normalized spacial score (nSPS) is 19.8. The Balaban J connectivity index is 2.35. The van der Waals surface area contributed by atoms with Gasteiger partial charge in [-0.3, -0.25) is 0 Å². The van der Waals surface area contributed by atoms with E-state index in [9.17, 15) is 8.42 Å². The molecule has 0 bridgehead atoms. The van der Waals surface area contributed by atoms with Crippen molar-refractivity contribution in [2.75, 3.05) is 13.1 Å². The maximum Gasteiger partial charge on any atom is 0.244 e. The zero-order chi connectivity index (χ0) is 14.3. The minimum atomic E-state index is -3.46. The van der Waals surface area contributed by atoms with Gasteiger partial charge in [0.05, 0.1) is 11.5 Å². The van der Waals surface area contributed by atoms with E-state index in [-0.39, 0.29) is 16.9 Å². The van der Waals surface area contributed by atoms with Crippen LogP contribution in [0.1, 0.15) is 25.8 Å². The van der Waals surface area contributed by atoms with Crippen LogP contribution >= 0.6 is 15.9 Å². The third-order valence-corrected chi connectivity index (χ3v) is 6.26. The molecule has 1 aliphatic rings. The molecule has 1 aliphatic heterocycles. The molecule has 1 fully saturated rings. The van der Waals surface area contributed by atoms with Gasteiger partial charge in [-0.2, -0.15) is 4.31 Å². The molecule has 1 heterocycles. The molecule has 0 atom stereocenters. The van der Waals surface area contributed by atoms with E-state index in [4.69, 9.17) is 5.11 Å². The Bertz CT molecular complexity index is 584. The average Bonchev–Trinajstić information content (AvgIpc) is 2.69. The fourth-order valence-electron chi connectivity index (χ4n) is 2.26. The first-order valence-corrected chi connectivity index (χ1v) is 8.39. The first-order valence-electron chi connectivity index (χ1n) is 6.16. The molecule has 19 heavy (non-hydrogen) atoms. The van der Waals surface area contributed by atoms with Gasteiger partial charge >= 0.3 is 0 Å². The van der Waals surface area contributed by atoms with Gasteiger partial charge in [0.2, 0.25) is 10.0 Å². The van der Waals surface area contributed by atoms with Crippen LogP contribution in [0.3, 0.4) is 0 Å². The smallest absolute Gasteiger partial charge is 0.244 e. The molecule has 4 nitrogen and oxygen atoms in total. The summed E-state index contributed by atoms with van der Waals surface area (Å²) in [6.07, 6.45) is 0.874. The molecule has 0 spiro atoms. The van der Waals surface area contributed by atoms with Crippen LogP contribution in [-0.4, -0.2) is 30.9 Å². The van der Waals surface area contributed by atoms with E-state index in [1.165, 1.54) is 4.31 Å². The second-order valence-electron chi connectivity index (χ2n) is 5.68. The summed E-state index contributed by atoms with van der Waals surface area (Å²) < 4.78 is 27.2. The van der Waals surface area contributed by atoms with Crippen molar-refractivity contribution < 1.29 is 13.5 Å². The molecule has 106 valence electrons. The number of halogens is 1. The number of sulfonamides is 1. The third-order valence-electron chi connectivity index (χ3n) is 3.44. The lowest BCUT2D eigenvalue weighted by Crippen LogP contribution is -2.30. The Labute approximate surface area is 122 Å². The van der Waals surface area contributed by atoms with Crippen LogP contribution < -0.4 is 0 Å². The summed E-state index contributed by atoms with van der Waals surface area (Å²) >= 11 is 3.28. The van der Waals surface area contributed by atoms with Gasteiger partial charge in [0.1, 0.15) is 0 Å². The highest BCUT2D eigenvalue weighted by molar-refractivity contribution is 9.10. The van der Waals surface area contributed by atoms with Crippen molar-refractivity contribution in [3.63, 3.8) is 0 Å². The van der Waals surface area contributed by atoms with Crippen molar-refractivity contribution >= 4 is 26.0 Å². The lowest BCUT2D eigenvalue weighted by Gasteiger charge is -2.20. The van der Waals surface area contributed by atoms with Gasteiger partial charge in [-0.25, -0.2) is 8.42 Å². The van der Waals surface area contributed by atoms with Gasteiger partial charge in [0.25, 0.3) is 0 Å². The van der Waals surface area contributed by atoms with Crippen molar-refractivity contribution in [3.8, 4) is 0 Å². The Morgan fingerprint density at radius 3 is 2.58 bits per heavy atom. The molecule has 0 aliphatic carbocycles. The van der Waals surface area contributed by atoms with E-state index in [0.29, 0.717) is 23.1 Å². The Kier molecular flexibility index (Phi) is 4.07. The zero-order valence-corrected chi connectivity index (χ0v) is 13.5. The fraction of sp³-hybridized carbons (Fsp3) is 0.538. The average molecular weight is 348 g/mol. The predicted octanol–water partition coefficient (Wildman–Crippen LogP) is 2.36. The molecular formula is C13H18BrNO3S. The van der Waals surface area contributed by atoms with Crippen molar-refractivity contribution in [2.45, 2.75) is 31.8 Å². The van der Waals surface area contributed by atoms with Gasteiger partial charge in [-0.1, -0.05) is 19.9 Å².